The Labute approximate surface area is 126 Å². The van der Waals surface area contributed by atoms with E-state index >= 15 is 0 Å². The molecule has 0 aliphatic carbocycles. The Morgan fingerprint density at radius 2 is 1.90 bits per heavy atom. The number of methoxy groups -OCH3 is 1. The summed E-state index contributed by atoms with van der Waals surface area (Å²) in [4.78, 5) is 12.0. The van der Waals surface area contributed by atoms with Gasteiger partial charge in [-0.3, -0.25) is 4.79 Å². The first-order valence-corrected chi connectivity index (χ1v) is 7.05. The number of primary amides is 1. The van der Waals surface area contributed by atoms with Crippen molar-refractivity contribution in [1.82, 2.24) is 5.32 Å². The zero-order valence-electron chi connectivity index (χ0n) is 13.3. The Kier molecular flexibility index (Phi) is 6.33. The van der Waals surface area contributed by atoms with Gasteiger partial charge in [-0.05, 0) is 32.9 Å². The molecule has 0 heterocycles. The first-order valence-electron chi connectivity index (χ1n) is 7.05. The summed E-state index contributed by atoms with van der Waals surface area (Å²) in [5.74, 6) is -0.456. The summed E-state index contributed by atoms with van der Waals surface area (Å²) in [6.07, 6.45) is 0.733. The summed E-state index contributed by atoms with van der Waals surface area (Å²) in [7, 11) is 3.38. The molecule has 0 aliphatic heterocycles. The van der Waals surface area contributed by atoms with Gasteiger partial charge < -0.3 is 20.5 Å². The molecule has 1 amide bonds. The van der Waals surface area contributed by atoms with Gasteiger partial charge in [0, 0.05) is 13.7 Å². The van der Waals surface area contributed by atoms with Crippen molar-refractivity contribution in [3.8, 4) is 0 Å². The minimum Gasteiger partial charge on any atom is -0.379 e. The van der Waals surface area contributed by atoms with Crippen LogP contribution in [-0.4, -0.2) is 38.9 Å². The second-order valence-electron chi connectivity index (χ2n) is 5.65. The third-order valence-corrected chi connectivity index (χ3v) is 3.83. The summed E-state index contributed by atoms with van der Waals surface area (Å²) in [6.45, 7) is 4.66. The Morgan fingerprint density at radius 3 is 2.38 bits per heavy atom. The second-order valence-corrected chi connectivity index (χ2v) is 5.65. The zero-order valence-corrected chi connectivity index (χ0v) is 13.3. The van der Waals surface area contributed by atoms with Crippen molar-refractivity contribution in [2.75, 3.05) is 27.4 Å². The molecule has 0 radical (unpaired) electrons. The standard InChI is InChI=1S/C16H26N2O3/c1-15(2,20-4)10-11-21-12-16(18-3,14(17)19)13-8-6-5-7-9-13/h5-9,18H,10-12H2,1-4H3,(H2,17,19). The average Bonchev–Trinajstić information content (AvgIpc) is 2.48. The fourth-order valence-electron chi connectivity index (χ4n) is 2.00. The van der Waals surface area contributed by atoms with E-state index in [0.29, 0.717) is 6.61 Å². The van der Waals surface area contributed by atoms with Crippen LogP contribution in [0.25, 0.3) is 0 Å². The van der Waals surface area contributed by atoms with E-state index in [0.717, 1.165) is 12.0 Å². The predicted molar refractivity (Wildman–Crippen MR) is 82.9 cm³/mol. The predicted octanol–water partition coefficient (Wildman–Crippen LogP) is 1.42. The quantitative estimate of drug-likeness (QED) is 0.676. The summed E-state index contributed by atoms with van der Waals surface area (Å²) in [5.41, 5.74) is 5.14. The van der Waals surface area contributed by atoms with Crippen LogP contribution in [0.1, 0.15) is 25.8 Å². The van der Waals surface area contributed by atoms with Gasteiger partial charge in [0.1, 0.15) is 5.54 Å². The topological polar surface area (TPSA) is 73.6 Å². The number of benzene rings is 1. The van der Waals surface area contributed by atoms with Crippen LogP contribution in [0.4, 0.5) is 0 Å². The number of carbonyl (C=O) groups is 1. The number of carbonyl (C=O) groups excluding carboxylic acids is 1. The van der Waals surface area contributed by atoms with Gasteiger partial charge in [-0.2, -0.15) is 0 Å². The van der Waals surface area contributed by atoms with Crippen LogP contribution in [0.15, 0.2) is 30.3 Å². The number of amides is 1. The molecule has 5 nitrogen and oxygen atoms in total. The average molecular weight is 294 g/mol. The number of hydrogen-bond donors (Lipinski definition) is 2. The van der Waals surface area contributed by atoms with Crippen molar-refractivity contribution < 1.29 is 14.3 Å². The number of hydrogen-bond acceptors (Lipinski definition) is 4. The Hall–Kier alpha value is -1.43. The van der Waals surface area contributed by atoms with Crippen molar-refractivity contribution in [2.45, 2.75) is 31.4 Å². The molecule has 0 saturated heterocycles. The van der Waals surface area contributed by atoms with Crippen LogP contribution in [-0.2, 0) is 19.8 Å². The molecule has 0 fully saturated rings. The Bertz CT molecular complexity index is 448. The number of nitrogens with one attached hydrogen (secondary N) is 1. The number of ether oxygens (including phenoxy) is 2. The summed E-state index contributed by atoms with van der Waals surface area (Å²) in [5, 5.41) is 3.01. The number of likely N-dealkylation sites (N-methyl/N-ethyl adjacent to an activating group) is 1. The smallest absolute Gasteiger partial charge is 0.244 e. The lowest BCUT2D eigenvalue weighted by molar-refractivity contribution is -0.127. The highest BCUT2D eigenvalue weighted by Gasteiger charge is 2.37. The SMILES string of the molecule is CNC(COCCC(C)(C)OC)(C(N)=O)c1ccccc1. The van der Waals surface area contributed by atoms with E-state index in [1.165, 1.54) is 0 Å². The summed E-state index contributed by atoms with van der Waals surface area (Å²) >= 11 is 0. The molecule has 1 aromatic rings. The minimum atomic E-state index is -1.02. The van der Waals surface area contributed by atoms with Crippen LogP contribution in [0.2, 0.25) is 0 Å². The van der Waals surface area contributed by atoms with Crippen LogP contribution in [0.3, 0.4) is 0 Å². The molecular weight excluding hydrogens is 268 g/mol. The highest BCUT2D eigenvalue weighted by Crippen LogP contribution is 2.22. The monoisotopic (exact) mass is 294 g/mol. The lowest BCUT2D eigenvalue weighted by atomic mass is 9.90. The lowest BCUT2D eigenvalue weighted by Gasteiger charge is -2.31. The first kappa shape index (κ1) is 17.6. The van der Waals surface area contributed by atoms with Crippen molar-refractivity contribution in [3.63, 3.8) is 0 Å². The normalized spacial score (nSPS) is 14.7. The van der Waals surface area contributed by atoms with Gasteiger partial charge in [-0.1, -0.05) is 30.3 Å². The molecule has 1 aromatic carbocycles. The molecule has 0 bridgehead atoms. The van der Waals surface area contributed by atoms with Gasteiger partial charge in [0.2, 0.25) is 5.91 Å². The molecule has 0 aromatic heterocycles. The fraction of sp³-hybridized carbons (Fsp3) is 0.562. The lowest BCUT2D eigenvalue weighted by Crippen LogP contribution is -2.54. The Balaban J connectivity index is 2.75. The van der Waals surface area contributed by atoms with Gasteiger partial charge in [0.25, 0.3) is 0 Å². The fourth-order valence-corrected chi connectivity index (χ4v) is 2.00. The van der Waals surface area contributed by atoms with Crippen LogP contribution < -0.4 is 11.1 Å². The van der Waals surface area contributed by atoms with Crippen LogP contribution >= 0.6 is 0 Å². The van der Waals surface area contributed by atoms with E-state index in [1.54, 1.807) is 14.2 Å². The zero-order chi connectivity index (χ0) is 15.9. The van der Waals surface area contributed by atoms with Crippen LogP contribution in [0.5, 0.6) is 0 Å². The molecule has 0 saturated carbocycles. The van der Waals surface area contributed by atoms with Crippen molar-refractivity contribution in [3.05, 3.63) is 35.9 Å². The molecule has 0 spiro atoms. The van der Waals surface area contributed by atoms with E-state index in [4.69, 9.17) is 15.2 Å². The highest BCUT2D eigenvalue weighted by atomic mass is 16.5. The molecule has 1 unspecified atom stereocenters. The summed E-state index contributed by atoms with van der Waals surface area (Å²) < 4.78 is 11.0. The third kappa shape index (κ3) is 4.52. The molecular formula is C16H26N2O3. The minimum absolute atomic E-state index is 0.183. The maximum Gasteiger partial charge on any atom is 0.244 e. The highest BCUT2D eigenvalue weighted by molar-refractivity contribution is 5.86. The molecule has 5 heteroatoms. The maximum absolute atomic E-state index is 12.0. The molecule has 1 atom stereocenters. The molecule has 0 aliphatic rings. The largest absolute Gasteiger partial charge is 0.379 e. The molecule has 1 rings (SSSR count). The van der Waals surface area contributed by atoms with E-state index in [-0.39, 0.29) is 12.2 Å². The van der Waals surface area contributed by atoms with Gasteiger partial charge in [0.05, 0.1) is 12.2 Å². The van der Waals surface area contributed by atoms with Crippen molar-refractivity contribution in [2.24, 2.45) is 5.73 Å². The summed E-state index contributed by atoms with van der Waals surface area (Å²) in [6, 6.07) is 9.37. The van der Waals surface area contributed by atoms with E-state index in [1.807, 2.05) is 44.2 Å². The van der Waals surface area contributed by atoms with Crippen molar-refractivity contribution >= 4 is 5.91 Å². The van der Waals surface area contributed by atoms with Gasteiger partial charge in [0.15, 0.2) is 0 Å². The number of rotatable bonds is 9. The van der Waals surface area contributed by atoms with Gasteiger partial charge in [-0.25, -0.2) is 0 Å². The molecule has 3 N–H and O–H groups in total. The molecule has 118 valence electrons. The second kappa shape index (κ2) is 7.54. The first-order chi connectivity index (χ1) is 9.88. The Morgan fingerprint density at radius 1 is 1.29 bits per heavy atom. The van der Waals surface area contributed by atoms with Gasteiger partial charge in [-0.15, -0.1) is 0 Å². The van der Waals surface area contributed by atoms with Crippen molar-refractivity contribution in [1.29, 1.82) is 0 Å². The van der Waals surface area contributed by atoms with Crippen LogP contribution in [0, 0.1) is 0 Å². The van der Waals surface area contributed by atoms with E-state index < -0.39 is 11.4 Å². The third-order valence-electron chi connectivity index (χ3n) is 3.83. The maximum atomic E-state index is 12.0. The molecule has 21 heavy (non-hydrogen) atoms. The van der Waals surface area contributed by atoms with Gasteiger partial charge >= 0.3 is 0 Å². The number of nitrogens with two attached hydrogens (primary N) is 1. The van der Waals surface area contributed by atoms with E-state index in [2.05, 4.69) is 5.32 Å². The van der Waals surface area contributed by atoms with E-state index in [9.17, 15) is 4.79 Å².